The van der Waals surface area contributed by atoms with E-state index in [1.807, 2.05) is 29.8 Å². The SMILES string of the molecule is Cn1c(SCc2ccccc2)nnc1[C@H]1CCS(=O)(=O)C1. The van der Waals surface area contributed by atoms with Gasteiger partial charge in [-0.05, 0) is 12.0 Å². The Balaban J connectivity index is 1.71. The van der Waals surface area contributed by atoms with Gasteiger partial charge in [0.2, 0.25) is 0 Å². The highest BCUT2D eigenvalue weighted by molar-refractivity contribution is 7.98. The number of nitrogens with zero attached hydrogens (tertiary/aromatic N) is 3. The highest BCUT2D eigenvalue weighted by Gasteiger charge is 2.32. The zero-order chi connectivity index (χ0) is 14.9. The van der Waals surface area contributed by atoms with E-state index in [0.717, 1.165) is 16.7 Å². The van der Waals surface area contributed by atoms with Gasteiger partial charge in [0.1, 0.15) is 5.82 Å². The average Bonchev–Trinajstić information content (AvgIpc) is 3.00. The van der Waals surface area contributed by atoms with Crippen LogP contribution in [-0.4, -0.2) is 34.7 Å². The van der Waals surface area contributed by atoms with E-state index in [1.165, 1.54) is 5.56 Å². The Bertz CT molecular complexity index is 726. The second-order valence-electron chi connectivity index (χ2n) is 5.27. The van der Waals surface area contributed by atoms with E-state index in [9.17, 15) is 8.42 Å². The molecule has 0 aliphatic carbocycles. The van der Waals surface area contributed by atoms with Crippen LogP contribution >= 0.6 is 11.8 Å². The molecule has 1 fully saturated rings. The molecule has 0 spiro atoms. The van der Waals surface area contributed by atoms with Gasteiger partial charge < -0.3 is 4.57 Å². The van der Waals surface area contributed by atoms with E-state index in [4.69, 9.17) is 0 Å². The lowest BCUT2D eigenvalue weighted by atomic mass is 10.1. The lowest BCUT2D eigenvalue weighted by Crippen LogP contribution is -2.09. The fraction of sp³-hybridized carbons (Fsp3) is 0.429. The average molecular weight is 323 g/mol. The standard InChI is InChI=1S/C14H17N3O2S2/c1-17-13(12-7-8-21(18,19)10-12)15-16-14(17)20-9-11-5-3-2-4-6-11/h2-6,12H,7-10H2,1H3/t12-/m0/s1. The summed E-state index contributed by atoms with van der Waals surface area (Å²) >= 11 is 1.62. The van der Waals surface area contributed by atoms with Crippen molar-refractivity contribution in [2.45, 2.75) is 23.2 Å². The predicted octanol–water partition coefficient (Wildman–Crippen LogP) is 2.01. The van der Waals surface area contributed by atoms with Crippen LogP contribution in [0.5, 0.6) is 0 Å². The molecule has 0 bridgehead atoms. The normalized spacial score (nSPS) is 20.7. The summed E-state index contributed by atoms with van der Waals surface area (Å²) in [4.78, 5) is 0. The molecule has 0 N–H and O–H groups in total. The summed E-state index contributed by atoms with van der Waals surface area (Å²) in [6, 6.07) is 10.2. The third-order valence-electron chi connectivity index (χ3n) is 3.68. The number of benzene rings is 1. The first-order chi connectivity index (χ1) is 10.1. The third kappa shape index (κ3) is 3.29. The number of aromatic nitrogens is 3. The zero-order valence-electron chi connectivity index (χ0n) is 11.8. The van der Waals surface area contributed by atoms with E-state index < -0.39 is 9.84 Å². The minimum atomic E-state index is -2.89. The van der Waals surface area contributed by atoms with Crippen LogP contribution in [0.2, 0.25) is 0 Å². The Hall–Kier alpha value is -1.34. The molecule has 1 aliphatic rings. The van der Waals surface area contributed by atoms with Crippen LogP contribution in [0.3, 0.4) is 0 Å². The Labute approximate surface area is 128 Å². The molecule has 0 radical (unpaired) electrons. The number of thioether (sulfide) groups is 1. The van der Waals surface area contributed by atoms with Crippen LogP contribution in [0.25, 0.3) is 0 Å². The fourth-order valence-corrected chi connectivity index (χ4v) is 5.14. The Morgan fingerprint density at radius 1 is 1.29 bits per heavy atom. The van der Waals surface area contributed by atoms with Crippen molar-refractivity contribution in [2.24, 2.45) is 7.05 Å². The smallest absolute Gasteiger partial charge is 0.191 e. The third-order valence-corrected chi connectivity index (χ3v) is 6.54. The van der Waals surface area contributed by atoms with Gasteiger partial charge in [-0.15, -0.1) is 10.2 Å². The van der Waals surface area contributed by atoms with Gasteiger partial charge in [0.25, 0.3) is 0 Å². The summed E-state index contributed by atoms with van der Waals surface area (Å²) in [6.07, 6.45) is 0.650. The molecule has 1 aliphatic heterocycles. The fourth-order valence-electron chi connectivity index (χ4n) is 2.53. The predicted molar refractivity (Wildman–Crippen MR) is 83.0 cm³/mol. The summed E-state index contributed by atoms with van der Waals surface area (Å²) in [5.74, 6) is 2.06. The van der Waals surface area contributed by atoms with Gasteiger partial charge in [0, 0.05) is 18.7 Å². The van der Waals surface area contributed by atoms with Gasteiger partial charge in [-0.1, -0.05) is 42.1 Å². The molecule has 1 aromatic carbocycles. The molecule has 1 aromatic heterocycles. The maximum Gasteiger partial charge on any atom is 0.191 e. The molecule has 0 saturated carbocycles. The van der Waals surface area contributed by atoms with E-state index >= 15 is 0 Å². The Morgan fingerprint density at radius 3 is 2.71 bits per heavy atom. The highest BCUT2D eigenvalue weighted by atomic mass is 32.2. The summed E-state index contributed by atoms with van der Waals surface area (Å²) in [7, 11) is -0.984. The van der Waals surface area contributed by atoms with Crippen molar-refractivity contribution < 1.29 is 8.42 Å². The molecular formula is C14H17N3O2S2. The second-order valence-corrected chi connectivity index (χ2v) is 8.45. The van der Waals surface area contributed by atoms with Crippen molar-refractivity contribution in [1.29, 1.82) is 0 Å². The minimum absolute atomic E-state index is 0.0152. The molecule has 1 atom stereocenters. The van der Waals surface area contributed by atoms with Crippen molar-refractivity contribution >= 4 is 21.6 Å². The van der Waals surface area contributed by atoms with Gasteiger partial charge in [0.15, 0.2) is 15.0 Å². The molecule has 7 heteroatoms. The number of sulfone groups is 1. The maximum atomic E-state index is 11.6. The first-order valence-electron chi connectivity index (χ1n) is 6.81. The highest BCUT2D eigenvalue weighted by Crippen LogP contribution is 2.30. The molecule has 21 heavy (non-hydrogen) atoms. The number of hydrogen-bond donors (Lipinski definition) is 0. The summed E-state index contributed by atoms with van der Waals surface area (Å²) in [5, 5.41) is 9.24. The minimum Gasteiger partial charge on any atom is -0.309 e. The summed E-state index contributed by atoms with van der Waals surface area (Å²) in [5.41, 5.74) is 1.23. The molecule has 0 amide bonds. The van der Waals surface area contributed by atoms with Crippen molar-refractivity contribution in [3.05, 3.63) is 41.7 Å². The first kappa shape index (κ1) is 14.6. The van der Waals surface area contributed by atoms with Gasteiger partial charge >= 0.3 is 0 Å². The van der Waals surface area contributed by atoms with Crippen molar-refractivity contribution in [1.82, 2.24) is 14.8 Å². The second kappa shape index (κ2) is 5.81. The van der Waals surface area contributed by atoms with Crippen molar-refractivity contribution in [3.63, 3.8) is 0 Å². The largest absolute Gasteiger partial charge is 0.309 e. The topological polar surface area (TPSA) is 64.8 Å². The van der Waals surface area contributed by atoms with E-state index in [0.29, 0.717) is 6.42 Å². The molecule has 0 unspecified atom stereocenters. The van der Waals surface area contributed by atoms with E-state index in [1.54, 1.807) is 11.8 Å². The van der Waals surface area contributed by atoms with E-state index in [2.05, 4.69) is 22.3 Å². The van der Waals surface area contributed by atoms with Crippen LogP contribution in [0, 0.1) is 0 Å². The van der Waals surface area contributed by atoms with Gasteiger partial charge in [0.05, 0.1) is 11.5 Å². The Morgan fingerprint density at radius 2 is 2.05 bits per heavy atom. The molecule has 1 saturated heterocycles. The lowest BCUT2D eigenvalue weighted by Gasteiger charge is -2.07. The van der Waals surface area contributed by atoms with E-state index in [-0.39, 0.29) is 17.4 Å². The van der Waals surface area contributed by atoms with Crippen LogP contribution in [0.4, 0.5) is 0 Å². The lowest BCUT2D eigenvalue weighted by molar-refractivity contribution is 0.599. The summed E-state index contributed by atoms with van der Waals surface area (Å²) < 4.78 is 25.1. The van der Waals surface area contributed by atoms with Crippen LogP contribution in [0.15, 0.2) is 35.5 Å². The zero-order valence-corrected chi connectivity index (χ0v) is 13.4. The molecule has 2 heterocycles. The van der Waals surface area contributed by atoms with Gasteiger partial charge in [-0.3, -0.25) is 0 Å². The molecule has 2 aromatic rings. The Kier molecular flexibility index (Phi) is 4.03. The van der Waals surface area contributed by atoms with Crippen LogP contribution in [0.1, 0.15) is 23.7 Å². The quantitative estimate of drug-likeness (QED) is 0.805. The first-order valence-corrected chi connectivity index (χ1v) is 9.62. The monoisotopic (exact) mass is 323 g/mol. The number of rotatable bonds is 4. The van der Waals surface area contributed by atoms with Crippen molar-refractivity contribution in [2.75, 3.05) is 11.5 Å². The van der Waals surface area contributed by atoms with Gasteiger partial charge in [-0.2, -0.15) is 0 Å². The van der Waals surface area contributed by atoms with Gasteiger partial charge in [-0.25, -0.2) is 8.42 Å². The molecule has 112 valence electrons. The maximum absolute atomic E-state index is 11.6. The molecule has 3 rings (SSSR count). The van der Waals surface area contributed by atoms with Crippen molar-refractivity contribution in [3.8, 4) is 0 Å². The summed E-state index contributed by atoms with van der Waals surface area (Å²) in [6.45, 7) is 0. The molecule has 5 nitrogen and oxygen atoms in total. The van der Waals surface area contributed by atoms with Crippen LogP contribution in [-0.2, 0) is 22.6 Å². The van der Waals surface area contributed by atoms with Crippen LogP contribution < -0.4 is 0 Å². The number of hydrogen-bond acceptors (Lipinski definition) is 5. The molecular weight excluding hydrogens is 306 g/mol.